The molecule has 29 heavy (non-hydrogen) atoms. The van der Waals surface area contributed by atoms with Gasteiger partial charge in [0.05, 0.1) is 22.3 Å². The number of alkyl halides is 6. The quantitative estimate of drug-likeness (QED) is 0.548. The van der Waals surface area contributed by atoms with Crippen molar-refractivity contribution in [1.82, 2.24) is 10.5 Å². The fourth-order valence-electron chi connectivity index (χ4n) is 1.99. The minimum atomic E-state index is -5.02. The molecule has 2 rings (SSSR count). The number of urea groups is 1. The van der Waals surface area contributed by atoms with Crippen LogP contribution in [0, 0.1) is 0 Å². The standard InChI is InChI=1S/C15H11Cl2F6N3O3/c1-13(28,15(21,22)23)6-2-8(16)11(9(17)3-6)25-12(27)24-5-7-4-10(29-26-7)14(18,19)20/h2-4,28H,5H2,1H3,(H2,24,25,27). The van der Waals surface area contributed by atoms with Crippen molar-refractivity contribution in [2.75, 3.05) is 5.32 Å². The van der Waals surface area contributed by atoms with Crippen molar-refractivity contribution in [2.24, 2.45) is 0 Å². The highest BCUT2D eigenvalue weighted by Crippen LogP contribution is 2.42. The first kappa shape index (κ1) is 23.1. The number of benzene rings is 1. The maximum atomic E-state index is 12.9. The lowest BCUT2D eigenvalue weighted by Gasteiger charge is -2.27. The van der Waals surface area contributed by atoms with E-state index in [1.807, 2.05) is 0 Å². The summed E-state index contributed by atoms with van der Waals surface area (Å²) in [6.07, 6.45) is -9.76. The molecule has 0 bridgehead atoms. The first-order valence-electron chi connectivity index (χ1n) is 7.49. The van der Waals surface area contributed by atoms with Crippen molar-refractivity contribution < 1.29 is 40.8 Å². The molecule has 0 aliphatic rings. The zero-order valence-corrected chi connectivity index (χ0v) is 15.7. The average molecular weight is 466 g/mol. The number of nitrogens with zero attached hydrogens (tertiary/aromatic N) is 1. The SMILES string of the molecule is CC(O)(c1cc(Cl)c(NC(=O)NCc2cc(C(F)(F)F)on2)c(Cl)c1)C(F)(F)F. The number of amides is 2. The molecule has 0 aliphatic carbocycles. The van der Waals surface area contributed by atoms with Gasteiger partial charge in [-0.1, -0.05) is 28.4 Å². The molecule has 6 nitrogen and oxygen atoms in total. The Hall–Kier alpha value is -2.18. The topological polar surface area (TPSA) is 87.4 Å². The summed E-state index contributed by atoms with van der Waals surface area (Å²) >= 11 is 11.7. The van der Waals surface area contributed by atoms with Crippen molar-refractivity contribution in [3.63, 3.8) is 0 Å². The number of halogens is 8. The van der Waals surface area contributed by atoms with Crippen LogP contribution in [0.2, 0.25) is 10.0 Å². The number of aliphatic hydroxyl groups is 1. The van der Waals surface area contributed by atoms with Crippen LogP contribution in [0.5, 0.6) is 0 Å². The van der Waals surface area contributed by atoms with Gasteiger partial charge in [-0.3, -0.25) is 0 Å². The van der Waals surface area contributed by atoms with Gasteiger partial charge >= 0.3 is 18.4 Å². The van der Waals surface area contributed by atoms with Crippen molar-refractivity contribution in [1.29, 1.82) is 0 Å². The van der Waals surface area contributed by atoms with Crippen LogP contribution < -0.4 is 10.6 Å². The highest BCUT2D eigenvalue weighted by atomic mass is 35.5. The van der Waals surface area contributed by atoms with Gasteiger partial charge in [0.15, 0.2) is 5.60 Å². The Balaban J connectivity index is 2.10. The molecule has 160 valence electrons. The van der Waals surface area contributed by atoms with Crippen LogP contribution >= 0.6 is 23.2 Å². The third kappa shape index (κ3) is 5.25. The number of anilines is 1. The predicted octanol–water partition coefficient (Wildman–Crippen LogP) is 5.09. The lowest BCUT2D eigenvalue weighted by molar-refractivity contribution is -0.258. The van der Waals surface area contributed by atoms with Crippen LogP contribution in [-0.4, -0.2) is 22.5 Å². The second kappa shape index (κ2) is 7.92. The molecule has 1 aromatic heterocycles. The molecule has 1 unspecified atom stereocenters. The van der Waals surface area contributed by atoms with Gasteiger partial charge in [0.2, 0.25) is 5.76 Å². The van der Waals surface area contributed by atoms with E-state index in [-0.39, 0.29) is 11.4 Å². The molecule has 1 aromatic carbocycles. The Morgan fingerprint density at radius 2 is 1.69 bits per heavy atom. The molecule has 0 aliphatic heterocycles. The number of hydrogen-bond acceptors (Lipinski definition) is 4. The zero-order chi connectivity index (χ0) is 22.2. The number of carbonyl (C=O) groups is 1. The van der Waals surface area contributed by atoms with E-state index < -0.39 is 51.9 Å². The number of aromatic nitrogens is 1. The maximum absolute atomic E-state index is 12.9. The average Bonchev–Trinajstić information content (AvgIpc) is 3.04. The predicted molar refractivity (Wildman–Crippen MR) is 89.5 cm³/mol. The third-order valence-electron chi connectivity index (χ3n) is 3.66. The number of nitrogens with one attached hydrogen (secondary N) is 2. The second-order valence-corrected chi connectivity index (χ2v) is 6.69. The van der Waals surface area contributed by atoms with E-state index in [4.69, 9.17) is 23.2 Å². The molecule has 2 aromatic rings. The fraction of sp³-hybridized carbons (Fsp3) is 0.333. The zero-order valence-electron chi connectivity index (χ0n) is 14.2. The molecule has 2 amide bonds. The molecule has 0 spiro atoms. The molecule has 1 heterocycles. The van der Waals surface area contributed by atoms with Crippen LogP contribution in [-0.2, 0) is 18.3 Å². The minimum absolute atomic E-state index is 0.235. The van der Waals surface area contributed by atoms with Crippen LogP contribution in [0.4, 0.5) is 36.8 Å². The van der Waals surface area contributed by atoms with E-state index in [9.17, 15) is 36.2 Å². The first-order chi connectivity index (χ1) is 13.1. The Kier molecular flexibility index (Phi) is 6.31. The summed E-state index contributed by atoms with van der Waals surface area (Å²) in [6.45, 7) is 0.0451. The van der Waals surface area contributed by atoms with Crippen LogP contribution in [0.1, 0.15) is 23.9 Å². The van der Waals surface area contributed by atoms with E-state index in [1.165, 1.54) is 0 Å². The van der Waals surface area contributed by atoms with E-state index in [0.717, 1.165) is 12.1 Å². The fourth-order valence-corrected chi connectivity index (χ4v) is 2.58. The van der Waals surface area contributed by atoms with Gasteiger partial charge in [-0.05, 0) is 24.6 Å². The Bertz CT molecular complexity index is 888. The summed E-state index contributed by atoms with van der Waals surface area (Å²) < 4.78 is 80.1. The Morgan fingerprint density at radius 3 is 2.14 bits per heavy atom. The summed E-state index contributed by atoms with van der Waals surface area (Å²) in [7, 11) is 0. The lowest BCUT2D eigenvalue weighted by atomic mass is 9.95. The minimum Gasteiger partial charge on any atom is -0.376 e. The highest BCUT2D eigenvalue weighted by Gasteiger charge is 2.51. The summed E-state index contributed by atoms with van der Waals surface area (Å²) in [4.78, 5) is 11.9. The molecule has 3 N–H and O–H groups in total. The Labute approximate surface area is 168 Å². The van der Waals surface area contributed by atoms with Crippen LogP contribution in [0.3, 0.4) is 0 Å². The van der Waals surface area contributed by atoms with Gasteiger partial charge in [-0.25, -0.2) is 4.79 Å². The molecule has 0 saturated heterocycles. The highest BCUT2D eigenvalue weighted by molar-refractivity contribution is 6.39. The molecule has 0 radical (unpaired) electrons. The molecular weight excluding hydrogens is 455 g/mol. The molecule has 1 atom stereocenters. The van der Waals surface area contributed by atoms with Crippen molar-refractivity contribution in [2.45, 2.75) is 31.4 Å². The van der Waals surface area contributed by atoms with Gasteiger partial charge in [-0.15, -0.1) is 0 Å². The summed E-state index contributed by atoms with van der Waals surface area (Å²) in [5.74, 6) is -1.35. The Morgan fingerprint density at radius 1 is 1.14 bits per heavy atom. The van der Waals surface area contributed by atoms with Crippen LogP contribution in [0.25, 0.3) is 0 Å². The molecule has 0 fully saturated rings. The van der Waals surface area contributed by atoms with E-state index in [0.29, 0.717) is 13.0 Å². The first-order valence-corrected chi connectivity index (χ1v) is 8.24. The molecular formula is C15H11Cl2F6N3O3. The van der Waals surface area contributed by atoms with Gasteiger partial charge in [0.25, 0.3) is 0 Å². The monoisotopic (exact) mass is 465 g/mol. The van der Waals surface area contributed by atoms with Gasteiger partial charge in [-0.2, -0.15) is 26.3 Å². The number of rotatable bonds is 4. The van der Waals surface area contributed by atoms with Crippen molar-refractivity contribution >= 4 is 34.9 Å². The summed E-state index contributed by atoms with van der Waals surface area (Å²) in [6, 6.07) is 1.13. The van der Waals surface area contributed by atoms with Gasteiger partial charge < -0.3 is 20.3 Å². The second-order valence-electron chi connectivity index (χ2n) is 5.87. The van der Waals surface area contributed by atoms with Crippen molar-refractivity contribution in [3.05, 3.63) is 45.3 Å². The maximum Gasteiger partial charge on any atom is 0.452 e. The smallest absolute Gasteiger partial charge is 0.376 e. The normalized spacial score (nSPS) is 14.4. The van der Waals surface area contributed by atoms with Crippen molar-refractivity contribution in [3.8, 4) is 0 Å². The summed E-state index contributed by atoms with van der Waals surface area (Å²) in [5, 5.41) is 16.3. The molecule has 14 heteroatoms. The number of hydrogen-bond donors (Lipinski definition) is 3. The lowest BCUT2D eigenvalue weighted by Crippen LogP contribution is -2.39. The van der Waals surface area contributed by atoms with Gasteiger partial charge in [0, 0.05) is 6.07 Å². The van der Waals surface area contributed by atoms with E-state index in [1.54, 1.807) is 0 Å². The van der Waals surface area contributed by atoms with Gasteiger partial charge in [0.1, 0.15) is 5.69 Å². The van der Waals surface area contributed by atoms with Crippen LogP contribution in [0.15, 0.2) is 22.7 Å². The third-order valence-corrected chi connectivity index (χ3v) is 4.26. The molecule has 0 saturated carbocycles. The van der Waals surface area contributed by atoms with E-state index in [2.05, 4.69) is 20.3 Å². The summed E-state index contributed by atoms with van der Waals surface area (Å²) in [5.41, 5.74) is -4.41. The largest absolute Gasteiger partial charge is 0.452 e. The van der Waals surface area contributed by atoms with E-state index >= 15 is 0 Å². The number of carbonyl (C=O) groups excluding carboxylic acids is 1.